The van der Waals surface area contributed by atoms with Gasteiger partial charge in [-0.1, -0.05) is 77.9 Å². The van der Waals surface area contributed by atoms with E-state index in [1.165, 1.54) is 11.1 Å². The van der Waals surface area contributed by atoms with E-state index in [0.717, 1.165) is 5.56 Å². The minimum absolute atomic E-state index is 0.0741. The molecule has 2 aromatic rings. The van der Waals surface area contributed by atoms with Crippen LogP contribution in [0.25, 0.3) is 0 Å². The van der Waals surface area contributed by atoms with Gasteiger partial charge in [-0.2, -0.15) is 0 Å². The van der Waals surface area contributed by atoms with Gasteiger partial charge in [-0.15, -0.1) is 0 Å². The smallest absolute Gasteiger partial charge is 0.269 e. The van der Waals surface area contributed by atoms with Crippen LogP contribution in [0.1, 0.15) is 68.6 Å². The highest BCUT2D eigenvalue weighted by Crippen LogP contribution is 2.23. The average molecular weight is 339 g/mol. The Kier molecular flexibility index (Phi) is 5.69. The van der Waals surface area contributed by atoms with Gasteiger partial charge < -0.3 is 0 Å². The number of amides is 1. The molecule has 25 heavy (non-hydrogen) atoms. The molecule has 0 aromatic heterocycles. The van der Waals surface area contributed by atoms with Crippen LogP contribution in [0.3, 0.4) is 0 Å². The summed E-state index contributed by atoms with van der Waals surface area (Å²) in [5.41, 5.74) is 6.81. The van der Waals surface area contributed by atoms with Crippen molar-refractivity contribution in [3.05, 3.63) is 70.8 Å². The molecule has 1 amide bonds. The molecule has 0 radical (unpaired) electrons. The molecule has 1 N–H and O–H groups in total. The molecule has 3 nitrogen and oxygen atoms in total. The number of hydrogen-bond donors (Lipinski definition) is 1. The molecule has 2 aromatic carbocycles. The van der Waals surface area contributed by atoms with E-state index >= 15 is 0 Å². The van der Waals surface area contributed by atoms with Gasteiger partial charge in [0, 0.05) is 5.56 Å². The molecule has 0 aliphatic carbocycles. The highest BCUT2D eigenvalue weighted by atomic mass is 16.6. The van der Waals surface area contributed by atoms with Crippen LogP contribution in [0.5, 0.6) is 0 Å². The summed E-state index contributed by atoms with van der Waals surface area (Å²) in [4.78, 5) is 17.5. The van der Waals surface area contributed by atoms with Gasteiger partial charge in [0.1, 0.15) is 0 Å². The maximum Gasteiger partial charge on any atom is 0.274 e. The zero-order valence-corrected chi connectivity index (χ0v) is 16.1. The number of hydroxylamine groups is 1. The normalized spacial score (nSPS) is 12.1. The fourth-order valence-corrected chi connectivity index (χ4v) is 2.47. The molecule has 0 saturated carbocycles. The van der Waals surface area contributed by atoms with E-state index in [2.05, 4.69) is 59.2 Å². The Morgan fingerprint density at radius 2 is 1.24 bits per heavy atom. The van der Waals surface area contributed by atoms with Crippen molar-refractivity contribution in [2.24, 2.45) is 0 Å². The minimum atomic E-state index is -0.230. The molecule has 0 saturated heterocycles. The minimum Gasteiger partial charge on any atom is -0.269 e. The fourth-order valence-electron chi connectivity index (χ4n) is 2.47. The van der Waals surface area contributed by atoms with Crippen LogP contribution in [0.2, 0.25) is 0 Å². The van der Waals surface area contributed by atoms with Crippen LogP contribution < -0.4 is 5.48 Å². The summed E-state index contributed by atoms with van der Waals surface area (Å²) < 4.78 is 0. The zero-order valence-electron chi connectivity index (χ0n) is 16.1. The number of nitrogens with one attached hydrogen (secondary N) is 1. The molecule has 2 rings (SSSR count). The van der Waals surface area contributed by atoms with E-state index in [1.807, 2.05) is 36.4 Å². The van der Waals surface area contributed by atoms with Crippen molar-refractivity contribution in [3.8, 4) is 0 Å². The third-order valence-electron chi connectivity index (χ3n) is 4.24. The molecular formula is C22H29NO2. The Morgan fingerprint density at radius 1 is 0.800 bits per heavy atom. The van der Waals surface area contributed by atoms with E-state index in [0.29, 0.717) is 12.2 Å². The van der Waals surface area contributed by atoms with E-state index in [4.69, 9.17) is 4.84 Å². The van der Waals surface area contributed by atoms with Gasteiger partial charge in [0.05, 0.1) is 6.61 Å². The number of carbonyl (C=O) groups is 1. The Hall–Kier alpha value is -2.13. The monoisotopic (exact) mass is 339 g/mol. The molecule has 0 spiro atoms. The molecule has 0 unspecified atom stereocenters. The van der Waals surface area contributed by atoms with Crippen molar-refractivity contribution in [2.45, 2.75) is 59.0 Å². The predicted molar refractivity (Wildman–Crippen MR) is 103 cm³/mol. The second-order valence-electron chi connectivity index (χ2n) is 8.49. The number of rotatable bonds is 4. The molecule has 0 aliphatic rings. The second kappa shape index (κ2) is 7.40. The quantitative estimate of drug-likeness (QED) is 0.783. The molecule has 134 valence electrons. The van der Waals surface area contributed by atoms with Crippen LogP contribution in [0, 0.1) is 0 Å². The first-order valence-corrected chi connectivity index (χ1v) is 8.69. The molecule has 0 aliphatic heterocycles. The zero-order chi connectivity index (χ0) is 18.7. The Bertz CT molecular complexity index is 702. The summed E-state index contributed by atoms with van der Waals surface area (Å²) in [6, 6.07) is 15.9. The summed E-state index contributed by atoms with van der Waals surface area (Å²) >= 11 is 0. The summed E-state index contributed by atoms with van der Waals surface area (Å²) in [5, 5.41) is 0. The van der Waals surface area contributed by atoms with Crippen molar-refractivity contribution in [2.75, 3.05) is 0 Å². The standard InChI is InChI=1S/C22H29NO2/c1-21(2,3)18-11-7-16(8-12-18)15-25-23-20(24)17-9-13-19(14-10-17)22(4,5)6/h7-14H,15H2,1-6H3,(H,23,24). The van der Waals surface area contributed by atoms with Crippen LogP contribution in [-0.2, 0) is 22.3 Å². The number of hydrogen-bond acceptors (Lipinski definition) is 2. The predicted octanol–water partition coefficient (Wildman–Crippen LogP) is 5.14. The highest BCUT2D eigenvalue weighted by molar-refractivity contribution is 5.93. The van der Waals surface area contributed by atoms with Crippen LogP contribution in [0.4, 0.5) is 0 Å². The largest absolute Gasteiger partial charge is 0.274 e. The Balaban J connectivity index is 1.88. The first kappa shape index (κ1) is 19.2. The lowest BCUT2D eigenvalue weighted by Crippen LogP contribution is -2.23. The van der Waals surface area contributed by atoms with Gasteiger partial charge >= 0.3 is 0 Å². The molecular weight excluding hydrogens is 310 g/mol. The lowest BCUT2D eigenvalue weighted by molar-refractivity contribution is 0.0233. The topological polar surface area (TPSA) is 38.3 Å². The molecule has 0 fully saturated rings. The van der Waals surface area contributed by atoms with Gasteiger partial charge in [0.25, 0.3) is 5.91 Å². The second-order valence-corrected chi connectivity index (χ2v) is 8.49. The Morgan fingerprint density at radius 3 is 1.68 bits per heavy atom. The van der Waals surface area contributed by atoms with Crippen molar-refractivity contribution in [1.82, 2.24) is 5.48 Å². The first-order chi connectivity index (χ1) is 11.6. The summed E-state index contributed by atoms with van der Waals surface area (Å²) in [6.07, 6.45) is 0. The SMILES string of the molecule is CC(C)(C)c1ccc(CONC(=O)c2ccc(C(C)(C)C)cc2)cc1. The van der Waals surface area contributed by atoms with Gasteiger partial charge in [0.2, 0.25) is 0 Å². The first-order valence-electron chi connectivity index (χ1n) is 8.69. The van der Waals surface area contributed by atoms with E-state index in [1.54, 1.807) is 0 Å². The van der Waals surface area contributed by atoms with Gasteiger partial charge in [0.15, 0.2) is 0 Å². The number of benzene rings is 2. The van der Waals surface area contributed by atoms with E-state index in [9.17, 15) is 4.79 Å². The van der Waals surface area contributed by atoms with Crippen molar-refractivity contribution >= 4 is 5.91 Å². The third kappa shape index (κ3) is 5.43. The van der Waals surface area contributed by atoms with Gasteiger partial charge in [-0.25, -0.2) is 5.48 Å². The van der Waals surface area contributed by atoms with Crippen LogP contribution in [0.15, 0.2) is 48.5 Å². The van der Waals surface area contributed by atoms with E-state index in [-0.39, 0.29) is 16.7 Å². The maximum atomic E-state index is 12.1. The third-order valence-corrected chi connectivity index (χ3v) is 4.24. The van der Waals surface area contributed by atoms with Gasteiger partial charge in [-0.05, 0) is 39.7 Å². The Labute approximate surface area is 151 Å². The number of carbonyl (C=O) groups excluding carboxylic acids is 1. The molecule has 0 atom stereocenters. The van der Waals surface area contributed by atoms with Gasteiger partial charge in [-0.3, -0.25) is 9.63 Å². The molecule has 0 heterocycles. The molecule has 0 bridgehead atoms. The molecule has 3 heteroatoms. The summed E-state index contributed by atoms with van der Waals surface area (Å²) in [7, 11) is 0. The summed E-state index contributed by atoms with van der Waals surface area (Å²) in [6.45, 7) is 13.3. The van der Waals surface area contributed by atoms with Crippen molar-refractivity contribution in [3.63, 3.8) is 0 Å². The fraction of sp³-hybridized carbons (Fsp3) is 0.409. The van der Waals surface area contributed by atoms with Crippen molar-refractivity contribution < 1.29 is 9.63 Å². The van der Waals surface area contributed by atoms with Crippen LogP contribution in [-0.4, -0.2) is 5.91 Å². The van der Waals surface area contributed by atoms with Crippen molar-refractivity contribution in [1.29, 1.82) is 0 Å². The van der Waals surface area contributed by atoms with E-state index < -0.39 is 0 Å². The lowest BCUT2D eigenvalue weighted by atomic mass is 9.87. The van der Waals surface area contributed by atoms with Crippen LogP contribution >= 0.6 is 0 Å². The average Bonchev–Trinajstić information content (AvgIpc) is 2.54. The summed E-state index contributed by atoms with van der Waals surface area (Å²) in [5.74, 6) is -0.230. The lowest BCUT2D eigenvalue weighted by Gasteiger charge is -2.19. The maximum absolute atomic E-state index is 12.1. The highest BCUT2D eigenvalue weighted by Gasteiger charge is 2.15.